The standard InChI is InChI=1S/C15H14Cl2N2O/c16-12-8-6-11(7-9-12)3-1-5-14(20)19-13-4-2-10-18-15(13)17/h2,4,6-10H,1,3,5H2,(H,19,20). The van der Waals surface area contributed by atoms with E-state index in [1.807, 2.05) is 24.3 Å². The maximum atomic E-state index is 11.8. The highest BCUT2D eigenvalue weighted by atomic mass is 35.5. The van der Waals surface area contributed by atoms with E-state index >= 15 is 0 Å². The average Bonchev–Trinajstić information content (AvgIpc) is 2.44. The van der Waals surface area contributed by atoms with Gasteiger partial charge < -0.3 is 5.32 Å². The summed E-state index contributed by atoms with van der Waals surface area (Å²) in [6.45, 7) is 0. The van der Waals surface area contributed by atoms with Gasteiger partial charge in [0.05, 0.1) is 5.69 Å². The summed E-state index contributed by atoms with van der Waals surface area (Å²) in [7, 11) is 0. The highest BCUT2D eigenvalue weighted by molar-refractivity contribution is 6.32. The van der Waals surface area contributed by atoms with Gasteiger partial charge in [-0.2, -0.15) is 0 Å². The molecular weight excluding hydrogens is 295 g/mol. The molecule has 0 radical (unpaired) electrons. The SMILES string of the molecule is O=C(CCCc1ccc(Cl)cc1)Nc1cccnc1Cl. The number of pyridine rings is 1. The number of hydrogen-bond acceptors (Lipinski definition) is 2. The molecule has 0 aliphatic carbocycles. The molecule has 0 atom stereocenters. The molecule has 2 rings (SSSR count). The van der Waals surface area contributed by atoms with Crippen molar-refractivity contribution in [1.82, 2.24) is 4.98 Å². The minimum atomic E-state index is -0.0612. The number of aryl methyl sites for hydroxylation is 1. The monoisotopic (exact) mass is 308 g/mol. The summed E-state index contributed by atoms with van der Waals surface area (Å²) in [5.74, 6) is -0.0612. The van der Waals surface area contributed by atoms with E-state index in [4.69, 9.17) is 23.2 Å². The number of carbonyl (C=O) groups excluding carboxylic acids is 1. The number of rotatable bonds is 5. The summed E-state index contributed by atoms with van der Waals surface area (Å²) in [5, 5.41) is 3.78. The van der Waals surface area contributed by atoms with Crippen LogP contribution in [0.3, 0.4) is 0 Å². The van der Waals surface area contributed by atoms with Gasteiger partial charge in [-0.25, -0.2) is 4.98 Å². The zero-order valence-electron chi connectivity index (χ0n) is 10.8. The first-order chi connectivity index (χ1) is 9.65. The second-order valence-electron chi connectivity index (χ2n) is 4.37. The first kappa shape index (κ1) is 14.8. The van der Waals surface area contributed by atoms with E-state index in [0.717, 1.165) is 17.9 Å². The largest absolute Gasteiger partial charge is 0.323 e. The van der Waals surface area contributed by atoms with Crippen molar-refractivity contribution >= 4 is 34.8 Å². The molecule has 0 saturated heterocycles. The zero-order chi connectivity index (χ0) is 14.4. The number of nitrogens with one attached hydrogen (secondary N) is 1. The van der Waals surface area contributed by atoms with Gasteiger partial charge in [0.25, 0.3) is 0 Å². The van der Waals surface area contributed by atoms with Crippen molar-refractivity contribution in [3.63, 3.8) is 0 Å². The molecule has 1 amide bonds. The number of halogens is 2. The number of carbonyl (C=O) groups is 1. The molecule has 0 unspecified atom stereocenters. The number of hydrogen-bond donors (Lipinski definition) is 1. The fourth-order valence-corrected chi connectivity index (χ4v) is 2.09. The minimum absolute atomic E-state index is 0.0612. The van der Waals surface area contributed by atoms with Gasteiger partial charge in [-0.15, -0.1) is 0 Å². The Morgan fingerprint density at radius 1 is 1.15 bits per heavy atom. The first-order valence-corrected chi connectivity index (χ1v) is 7.05. The van der Waals surface area contributed by atoms with E-state index < -0.39 is 0 Å². The number of benzene rings is 1. The van der Waals surface area contributed by atoms with Crippen LogP contribution >= 0.6 is 23.2 Å². The molecule has 5 heteroatoms. The van der Waals surface area contributed by atoms with Crippen LogP contribution in [0.25, 0.3) is 0 Å². The van der Waals surface area contributed by atoms with Crippen LogP contribution in [0.1, 0.15) is 18.4 Å². The summed E-state index contributed by atoms with van der Waals surface area (Å²) in [5.41, 5.74) is 1.72. The van der Waals surface area contributed by atoms with Crippen molar-refractivity contribution in [2.45, 2.75) is 19.3 Å². The zero-order valence-corrected chi connectivity index (χ0v) is 12.3. The number of nitrogens with zero attached hydrogens (tertiary/aromatic N) is 1. The van der Waals surface area contributed by atoms with Crippen LogP contribution < -0.4 is 5.32 Å². The van der Waals surface area contributed by atoms with Crippen LogP contribution in [-0.2, 0) is 11.2 Å². The molecule has 2 aromatic rings. The number of anilines is 1. The summed E-state index contributed by atoms with van der Waals surface area (Å²) >= 11 is 11.7. The fourth-order valence-electron chi connectivity index (χ4n) is 1.80. The predicted octanol–water partition coefficient (Wildman–Crippen LogP) is 4.35. The molecule has 0 bridgehead atoms. The quantitative estimate of drug-likeness (QED) is 0.834. The van der Waals surface area contributed by atoms with Crippen molar-refractivity contribution in [3.05, 3.63) is 58.3 Å². The smallest absolute Gasteiger partial charge is 0.224 e. The number of aromatic nitrogens is 1. The molecule has 1 aromatic heterocycles. The Morgan fingerprint density at radius 2 is 1.90 bits per heavy atom. The van der Waals surface area contributed by atoms with Crippen molar-refractivity contribution in [3.8, 4) is 0 Å². The highest BCUT2D eigenvalue weighted by Gasteiger charge is 2.06. The summed E-state index contributed by atoms with van der Waals surface area (Å²) in [6, 6.07) is 11.1. The molecule has 0 spiro atoms. The Balaban J connectivity index is 1.78. The average molecular weight is 309 g/mol. The molecular formula is C15H14Cl2N2O. The maximum absolute atomic E-state index is 11.8. The van der Waals surface area contributed by atoms with Crippen LogP contribution in [0.5, 0.6) is 0 Å². The molecule has 1 N–H and O–H groups in total. The third-order valence-corrected chi connectivity index (χ3v) is 3.37. The van der Waals surface area contributed by atoms with Gasteiger partial charge in [-0.3, -0.25) is 4.79 Å². The predicted molar refractivity (Wildman–Crippen MR) is 82.3 cm³/mol. The Kier molecular flexibility index (Phi) is 5.39. The van der Waals surface area contributed by atoms with E-state index in [9.17, 15) is 4.79 Å². The second kappa shape index (κ2) is 7.27. The Hall–Kier alpha value is -1.58. The van der Waals surface area contributed by atoms with Crippen LogP contribution in [0.4, 0.5) is 5.69 Å². The van der Waals surface area contributed by atoms with Gasteiger partial charge in [-0.05, 0) is 42.7 Å². The van der Waals surface area contributed by atoms with Gasteiger partial charge in [0.1, 0.15) is 0 Å². The Labute approximate surface area is 127 Å². The van der Waals surface area contributed by atoms with Crippen molar-refractivity contribution < 1.29 is 4.79 Å². The van der Waals surface area contributed by atoms with Crippen molar-refractivity contribution in [2.75, 3.05) is 5.32 Å². The third-order valence-electron chi connectivity index (χ3n) is 2.82. The second-order valence-corrected chi connectivity index (χ2v) is 5.16. The van der Waals surface area contributed by atoms with E-state index in [0.29, 0.717) is 17.3 Å². The Morgan fingerprint density at radius 3 is 2.60 bits per heavy atom. The van der Waals surface area contributed by atoms with Crippen LogP contribution in [0, 0.1) is 0 Å². The van der Waals surface area contributed by atoms with E-state index in [-0.39, 0.29) is 5.91 Å². The molecule has 0 aliphatic heterocycles. The maximum Gasteiger partial charge on any atom is 0.224 e. The Bertz CT molecular complexity index is 585. The summed E-state index contributed by atoms with van der Waals surface area (Å²) < 4.78 is 0. The molecule has 1 heterocycles. The van der Waals surface area contributed by atoms with Gasteiger partial charge in [0.15, 0.2) is 5.15 Å². The lowest BCUT2D eigenvalue weighted by atomic mass is 10.1. The van der Waals surface area contributed by atoms with Crippen LogP contribution in [-0.4, -0.2) is 10.9 Å². The molecule has 0 saturated carbocycles. The van der Waals surface area contributed by atoms with Gasteiger partial charge in [-0.1, -0.05) is 35.3 Å². The van der Waals surface area contributed by atoms with Gasteiger partial charge >= 0.3 is 0 Å². The molecule has 20 heavy (non-hydrogen) atoms. The van der Waals surface area contributed by atoms with Crippen molar-refractivity contribution in [1.29, 1.82) is 0 Å². The summed E-state index contributed by atoms with van der Waals surface area (Å²) in [4.78, 5) is 15.7. The lowest BCUT2D eigenvalue weighted by Crippen LogP contribution is -2.12. The molecule has 104 valence electrons. The van der Waals surface area contributed by atoms with Crippen LogP contribution in [0.2, 0.25) is 10.2 Å². The lowest BCUT2D eigenvalue weighted by molar-refractivity contribution is -0.116. The molecule has 0 fully saturated rings. The molecule has 1 aromatic carbocycles. The first-order valence-electron chi connectivity index (χ1n) is 6.30. The molecule has 3 nitrogen and oxygen atoms in total. The normalized spacial score (nSPS) is 10.3. The van der Waals surface area contributed by atoms with E-state index in [1.54, 1.807) is 18.3 Å². The van der Waals surface area contributed by atoms with E-state index in [2.05, 4.69) is 10.3 Å². The summed E-state index contributed by atoms with van der Waals surface area (Å²) in [6.07, 6.45) is 3.63. The van der Waals surface area contributed by atoms with Gasteiger partial charge in [0, 0.05) is 17.6 Å². The highest BCUT2D eigenvalue weighted by Crippen LogP contribution is 2.18. The number of amides is 1. The topological polar surface area (TPSA) is 42.0 Å². The van der Waals surface area contributed by atoms with Crippen molar-refractivity contribution in [2.24, 2.45) is 0 Å². The lowest BCUT2D eigenvalue weighted by Gasteiger charge is -2.06. The van der Waals surface area contributed by atoms with E-state index in [1.165, 1.54) is 5.56 Å². The third kappa shape index (κ3) is 4.51. The molecule has 0 aliphatic rings. The van der Waals surface area contributed by atoms with Gasteiger partial charge in [0.2, 0.25) is 5.91 Å². The fraction of sp³-hybridized carbons (Fsp3) is 0.200. The van der Waals surface area contributed by atoms with Crippen LogP contribution in [0.15, 0.2) is 42.6 Å². The minimum Gasteiger partial charge on any atom is -0.323 e.